The van der Waals surface area contributed by atoms with Crippen LogP contribution in [0.2, 0.25) is 0 Å². The van der Waals surface area contributed by atoms with Crippen LogP contribution in [0.15, 0.2) is 14.4 Å². The average Bonchev–Trinajstić information content (AvgIpc) is 3.22. The van der Waals surface area contributed by atoms with Crippen LogP contribution in [0, 0.1) is 38.4 Å². The SMILES string of the molecule is CC1(C)CC(CNC(=O)N(CCO)CCO)CC(C)(Cn2c(=O)n(CC3(C)CC(NC(=O)N(CCO)CCO)CC(C)(C)C3)c(=O)n(CC3(C)CC(NC(=O)N(CCO)CCO)CC(C)(C)C3)c2=O)C1. The zero-order chi connectivity index (χ0) is 52.5. The summed E-state index contributed by atoms with van der Waals surface area (Å²) < 4.78 is 3.59. The lowest BCUT2D eigenvalue weighted by Gasteiger charge is -2.48. The second-order valence-electron chi connectivity index (χ2n) is 24.4. The predicted molar refractivity (Wildman–Crippen MR) is 265 cm³/mol. The molecule has 0 spiro atoms. The third-order valence-electron chi connectivity index (χ3n) is 14.7. The first-order valence-corrected chi connectivity index (χ1v) is 25.3. The molecule has 1 aromatic rings. The molecule has 3 saturated carbocycles. The number of carbonyl (C=O) groups is 3. The monoisotopic (exact) mass is 996 g/mol. The summed E-state index contributed by atoms with van der Waals surface area (Å²) in [5.74, 6) is -0.0611. The van der Waals surface area contributed by atoms with Crippen LogP contribution in [0.1, 0.15) is 120 Å². The number of hydrogen-bond donors (Lipinski definition) is 9. The third-order valence-corrected chi connectivity index (χ3v) is 14.7. The second kappa shape index (κ2) is 24.1. The van der Waals surface area contributed by atoms with Gasteiger partial charge in [0.1, 0.15) is 0 Å². The number of aliphatic hydroxyl groups is 6. The molecule has 1 heterocycles. The van der Waals surface area contributed by atoms with Crippen molar-refractivity contribution < 1.29 is 45.0 Å². The summed E-state index contributed by atoms with van der Waals surface area (Å²) in [5.41, 5.74) is -5.33. The van der Waals surface area contributed by atoms with Crippen molar-refractivity contribution >= 4 is 18.1 Å². The minimum atomic E-state index is -0.749. The molecule has 4 rings (SSSR count). The van der Waals surface area contributed by atoms with Crippen molar-refractivity contribution in [1.29, 1.82) is 0 Å². The van der Waals surface area contributed by atoms with Gasteiger partial charge in [-0.3, -0.25) is 0 Å². The van der Waals surface area contributed by atoms with Crippen LogP contribution >= 0.6 is 0 Å². The first kappa shape index (κ1) is 58.5. The minimum Gasteiger partial charge on any atom is -0.395 e. The van der Waals surface area contributed by atoms with E-state index in [4.69, 9.17) is 0 Å². The lowest BCUT2D eigenvalue weighted by atomic mass is 9.60. The van der Waals surface area contributed by atoms with E-state index in [1.807, 2.05) is 20.8 Å². The number of aromatic nitrogens is 3. The van der Waals surface area contributed by atoms with Crippen LogP contribution in [-0.2, 0) is 19.6 Å². The van der Waals surface area contributed by atoms with Gasteiger partial charge >= 0.3 is 35.2 Å². The maximum atomic E-state index is 15.1. The quantitative estimate of drug-likeness (QED) is 0.0792. The fourth-order valence-corrected chi connectivity index (χ4v) is 13.6. The Kier molecular flexibility index (Phi) is 20.2. The second-order valence-corrected chi connectivity index (χ2v) is 24.4. The van der Waals surface area contributed by atoms with E-state index in [0.717, 1.165) is 6.42 Å². The first-order valence-electron chi connectivity index (χ1n) is 25.3. The van der Waals surface area contributed by atoms with Gasteiger partial charge in [0.2, 0.25) is 0 Å². The van der Waals surface area contributed by atoms with E-state index < -0.39 is 51.4 Å². The Hall–Kier alpha value is -4.02. The smallest absolute Gasteiger partial charge is 0.336 e. The van der Waals surface area contributed by atoms with E-state index in [1.54, 1.807) is 0 Å². The summed E-state index contributed by atoms with van der Waals surface area (Å²) in [6, 6.07) is -2.06. The molecule has 0 aliphatic heterocycles. The van der Waals surface area contributed by atoms with Crippen LogP contribution < -0.4 is 33.0 Å². The number of aliphatic hydroxyl groups excluding tert-OH is 6. The Bertz CT molecular complexity index is 1980. The number of nitrogens with one attached hydrogen (secondary N) is 3. The fourth-order valence-electron chi connectivity index (χ4n) is 13.6. The van der Waals surface area contributed by atoms with Crippen molar-refractivity contribution in [3.05, 3.63) is 31.5 Å². The van der Waals surface area contributed by atoms with Crippen LogP contribution in [0.5, 0.6) is 0 Å². The molecule has 0 saturated heterocycles. The van der Waals surface area contributed by atoms with Gasteiger partial charge in [0.05, 0.1) is 39.6 Å². The van der Waals surface area contributed by atoms with Crippen molar-refractivity contribution in [3.63, 3.8) is 0 Å². The number of carbonyl (C=O) groups excluding carboxylic acids is 3. The molecule has 1 aromatic heterocycles. The molecule has 0 radical (unpaired) electrons. The normalized spacial score (nSPS) is 27.0. The van der Waals surface area contributed by atoms with E-state index in [2.05, 4.69) is 57.5 Å². The zero-order valence-electron chi connectivity index (χ0n) is 43.7. The number of nitrogens with zero attached hydrogens (tertiary/aromatic N) is 6. The van der Waals surface area contributed by atoms with Gasteiger partial charge in [0.15, 0.2) is 0 Å². The molecule has 70 heavy (non-hydrogen) atoms. The summed E-state index contributed by atoms with van der Waals surface area (Å²) in [6.45, 7) is 17.3. The van der Waals surface area contributed by atoms with Gasteiger partial charge in [-0.25, -0.2) is 42.5 Å². The molecule has 3 aliphatic rings. The lowest BCUT2D eigenvalue weighted by Crippen LogP contribution is -2.60. The van der Waals surface area contributed by atoms with Crippen molar-refractivity contribution in [2.24, 2.45) is 38.4 Å². The van der Waals surface area contributed by atoms with E-state index in [0.29, 0.717) is 51.4 Å². The first-order chi connectivity index (χ1) is 32.6. The fraction of sp³-hybridized carbons (Fsp3) is 0.878. The highest BCUT2D eigenvalue weighted by Gasteiger charge is 2.47. The Morgan fingerprint density at radius 3 is 1.06 bits per heavy atom. The molecule has 6 unspecified atom stereocenters. The predicted octanol–water partition coefficient (Wildman–Crippen LogP) is 1.16. The molecule has 0 aromatic carbocycles. The largest absolute Gasteiger partial charge is 0.395 e. The summed E-state index contributed by atoms with van der Waals surface area (Å²) in [4.78, 5) is 89.4. The number of urea groups is 3. The van der Waals surface area contributed by atoms with E-state index in [1.165, 1.54) is 28.4 Å². The molecule has 3 aliphatic carbocycles. The van der Waals surface area contributed by atoms with Gasteiger partial charge in [0.25, 0.3) is 0 Å². The Morgan fingerprint density at radius 1 is 0.457 bits per heavy atom. The molecule has 6 amide bonds. The highest BCUT2D eigenvalue weighted by molar-refractivity contribution is 5.75. The molecule has 3 fully saturated rings. The average molecular weight is 996 g/mol. The Balaban J connectivity index is 1.81. The van der Waals surface area contributed by atoms with Gasteiger partial charge in [-0.2, -0.15) is 0 Å². The highest BCUT2D eigenvalue weighted by Crippen LogP contribution is 2.50. The van der Waals surface area contributed by atoms with Crippen LogP contribution in [-0.4, -0.2) is 175 Å². The van der Waals surface area contributed by atoms with E-state index in [9.17, 15) is 45.0 Å². The molecule has 9 N–H and O–H groups in total. The standard InChI is InChI=1S/C49H89N9O12/c1-44(2)22-35(28-50-38(65)53(10-16-59)11-17-60)23-47(7,29-44)32-56-41(68)57(33-48(8)26-36(24-45(3,4)30-48)51-39(66)54(12-18-61)13-19-62)43(70)58(42(56)69)34-49(9)27-37(25-46(5,6)31-49)52-40(67)55(14-20-63)15-21-64/h35-37,59-64H,10-34H2,1-9H3,(H,50,65)(H,51,66)(H,52,67). The van der Waals surface area contributed by atoms with Crippen molar-refractivity contribution in [1.82, 2.24) is 44.4 Å². The lowest BCUT2D eigenvalue weighted by molar-refractivity contribution is 0.0335. The number of hydrogen-bond acceptors (Lipinski definition) is 12. The molecule has 21 nitrogen and oxygen atoms in total. The summed E-state index contributed by atoms with van der Waals surface area (Å²) in [6.07, 6.45) is 5.05. The van der Waals surface area contributed by atoms with Gasteiger partial charge in [-0.1, -0.05) is 62.3 Å². The van der Waals surface area contributed by atoms with Gasteiger partial charge < -0.3 is 61.3 Å². The molecular formula is C49H89N9O12. The Morgan fingerprint density at radius 2 is 0.743 bits per heavy atom. The highest BCUT2D eigenvalue weighted by atomic mass is 16.3. The maximum absolute atomic E-state index is 15.1. The summed E-state index contributed by atoms with van der Waals surface area (Å²) >= 11 is 0. The topological polar surface area (TPSA) is 284 Å². The maximum Gasteiger partial charge on any atom is 0.336 e. The van der Waals surface area contributed by atoms with Crippen LogP contribution in [0.3, 0.4) is 0 Å². The Labute approximate surface area is 413 Å². The van der Waals surface area contributed by atoms with E-state index in [-0.39, 0.29) is 139 Å². The van der Waals surface area contributed by atoms with Crippen LogP contribution in [0.25, 0.3) is 0 Å². The summed E-state index contributed by atoms with van der Waals surface area (Å²) in [5, 5.41) is 66.6. The zero-order valence-corrected chi connectivity index (χ0v) is 43.7. The minimum absolute atomic E-state index is 0.0150. The van der Waals surface area contributed by atoms with Gasteiger partial charge in [-0.15, -0.1) is 0 Å². The van der Waals surface area contributed by atoms with Crippen molar-refractivity contribution in [3.8, 4) is 0 Å². The third kappa shape index (κ3) is 16.0. The van der Waals surface area contributed by atoms with Crippen LogP contribution in [0.4, 0.5) is 14.4 Å². The molecule has 0 bridgehead atoms. The van der Waals surface area contributed by atoms with Gasteiger partial charge in [0, 0.05) is 77.5 Å². The van der Waals surface area contributed by atoms with Gasteiger partial charge in [-0.05, 0) is 96.2 Å². The molecule has 6 atom stereocenters. The molecule has 21 heteroatoms. The summed E-state index contributed by atoms with van der Waals surface area (Å²) in [7, 11) is 0. The van der Waals surface area contributed by atoms with Crippen molar-refractivity contribution in [2.45, 2.75) is 152 Å². The molecule has 402 valence electrons. The number of amides is 6. The van der Waals surface area contributed by atoms with E-state index >= 15 is 14.4 Å². The number of rotatable bonds is 22. The molecular weight excluding hydrogens is 907 g/mol. The van der Waals surface area contributed by atoms with Crippen molar-refractivity contribution in [2.75, 3.05) is 85.5 Å².